The molecular weight excluding hydrogens is 412 g/mol. The molecule has 0 aliphatic heterocycles. The number of rotatable bonds is 6. The highest BCUT2D eigenvalue weighted by molar-refractivity contribution is 7.12. The van der Waals surface area contributed by atoms with Crippen molar-refractivity contribution in [1.82, 2.24) is 10.6 Å². The smallest absolute Gasteiger partial charge is 0.265 e. The van der Waals surface area contributed by atoms with Gasteiger partial charge < -0.3 is 16.0 Å². The lowest BCUT2D eigenvalue weighted by atomic mass is 10.0. The lowest BCUT2D eigenvalue weighted by Gasteiger charge is -2.18. The largest absolute Gasteiger partial charge is 0.357 e. The van der Waals surface area contributed by atoms with Crippen molar-refractivity contribution in [3.8, 4) is 0 Å². The summed E-state index contributed by atoms with van der Waals surface area (Å²) in [5, 5.41) is 9.35. The van der Waals surface area contributed by atoms with Gasteiger partial charge in [-0.15, -0.1) is 11.3 Å². The molecule has 3 N–H and O–H groups in total. The van der Waals surface area contributed by atoms with E-state index in [9.17, 15) is 23.2 Å². The Labute approximate surface area is 174 Å². The molecule has 0 aliphatic rings. The highest BCUT2D eigenvalue weighted by Gasteiger charge is 2.24. The number of amides is 3. The number of benzene rings is 2. The summed E-state index contributed by atoms with van der Waals surface area (Å²) in [5.74, 6) is -3.73. The molecule has 0 saturated heterocycles. The summed E-state index contributed by atoms with van der Waals surface area (Å²) >= 11 is 1.28. The minimum atomic E-state index is -1.23. The van der Waals surface area contributed by atoms with Crippen LogP contribution in [0.5, 0.6) is 0 Å². The van der Waals surface area contributed by atoms with Gasteiger partial charge in [0.15, 0.2) is 11.6 Å². The molecule has 2 aromatic carbocycles. The maximum absolute atomic E-state index is 13.6. The highest BCUT2D eigenvalue weighted by atomic mass is 32.1. The van der Waals surface area contributed by atoms with Crippen molar-refractivity contribution in [3.63, 3.8) is 0 Å². The summed E-state index contributed by atoms with van der Waals surface area (Å²) in [6, 6.07) is 11.3. The Morgan fingerprint density at radius 3 is 2.40 bits per heavy atom. The zero-order valence-electron chi connectivity index (χ0n) is 15.7. The van der Waals surface area contributed by atoms with Crippen molar-refractivity contribution in [2.45, 2.75) is 6.04 Å². The van der Waals surface area contributed by atoms with Crippen LogP contribution in [0.4, 0.5) is 14.5 Å². The third kappa shape index (κ3) is 4.87. The molecule has 30 heavy (non-hydrogen) atoms. The fourth-order valence-corrected chi connectivity index (χ4v) is 3.31. The third-order valence-corrected chi connectivity index (χ3v) is 5.06. The lowest BCUT2D eigenvalue weighted by Crippen LogP contribution is -2.39. The van der Waals surface area contributed by atoms with E-state index in [1.165, 1.54) is 36.6 Å². The molecule has 6 nitrogen and oxygen atoms in total. The average molecular weight is 429 g/mol. The van der Waals surface area contributed by atoms with Gasteiger partial charge >= 0.3 is 0 Å². The van der Waals surface area contributed by atoms with E-state index in [1.54, 1.807) is 29.6 Å². The van der Waals surface area contributed by atoms with Crippen LogP contribution in [0.3, 0.4) is 0 Å². The first-order chi connectivity index (χ1) is 14.4. The summed E-state index contributed by atoms with van der Waals surface area (Å²) in [7, 11) is 1.36. The van der Waals surface area contributed by atoms with Gasteiger partial charge in [-0.25, -0.2) is 8.78 Å². The van der Waals surface area contributed by atoms with Crippen molar-refractivity contribution in [2.75, 3.05) is 12.4 Å². The van der Waals surface area contributed by atoms with Gasteiger partial charge in [-0.3, -0.25) is 14.4 Å². The molecule has 0 saturated carbocycles. The van der Waals surface area contributed by atoms with Crippen molar-refractivity contribution >= 4 is 34.7 Å². The Morgan fingerprint density at radius 2 is 1.73 bits per heavy atom. The predicted octanol–water partition coefficient (Wildman–Crippen LogP) is 3.50. The van der Waals surface area contributed by atoms with Crippen molar-refractivity contribution < 1.29 is 23.2 Å². The molecule has 1 atom stereocenters. The van der Waals surface area contributed by atoms with E-state index in [0.29, 0.717) is 10.6 Å². The maximum Gasteiger partial charge on any atom is 0.265 e. The van der Waals surface area contributed by atoms with Gasteiger partial charge in [0.05, 0.1) is 4.88 Å². The van der Waals surface area contributed by atoms with Gasteiger partial charge in [0.25, 0.3) is 11.8 Å². The summed E-state index contributed by atoms with van der Waals surface area (Å²) < 4.78 is 26.8. The second-order valence-corrected chi connectivity index (χ2v) is 7.15. The maximum atomic E-state index is 13.6. The summed E-state index contributed by atoms with van der Waals surface area (Å²) in [4.78, 5) is 37.6. The number of hydrogen-bond acceptors (Lipinski definition) is 4. The van der Waals surface area contributed by atoms with E-state index in [1.807, 2.05) is 0 Å². The van der Waals surface area contributed by atoms with Crippen LogP contribution in [0, 0.1) is 11.6 Å². The highest BCUT2D eigenvalue weighted by Crippen LogP contribution is 2.19. The van der Waals surface area contributed by atoms with E-state index in [-0.39, 0.29) is 17.0 Å². The van der Waals surface area contributed by atoms with E-state index < -0.39 is 29.5 Å². The van der Waals surface area contributed by atoms with E-state index in [4.69, 9.17) is 0 Å². The standard InChI is InChI=1S/C21H17F2N3O3S/c1-24-21(29)18(12-7-8-15(22)16(23)11-12)26-19(27)13-4-2-5-14(10-13)25-20(28)17-6-3-9-30-17/h2-11,18H,1H3,(H,24,29)(H,25,28)(H,26,27). The van der Waals surface area contributed by atoms with E-state index in [2.05, 4.69) is 16.0 Å². The first-order valence-corrected chi connectivity index (χ1v) is 9.69. The van der Waals surface area contributed by atoms with Gasteiger partial charge in [-0.1, -0.05) is 18.2 Å². The fraction of sp³-hybridized carbons (Fsp3) is 0.0952. The number of carbonyl (C=O) groups excluding carboxylic acids is 3. The van der Waals surface area contributed by atoms with Crippen molar-refractivity contribution in [1.29, 1.82) is 0 Å². The van der Waals surface area contributed by atoms with E-state index >= 15 is 0 Å². The molecule has 0 fully saturated rings. The van der Waals surface area contributed by atoms with Crippen LogP contribution in [-0.2, 0) is 4.79 Å². The van der Waals surface area contributed by atoms with Gasteiger partial charge in [-0.05, 0) is 47.3 Å². The Bertz CT molecular complexity index is 1090. The Kier molecular flexibility index (Phi) is 6.53. The Balaban J connectivity index is 1.79. The molecule has 3 aromatic rings. The zero-order valence-corrected chi connectivity index (χ0v) is 16.6. The van der Waals surface area contributed by atoms with Gasteiger partial charge in [-0.2, -0.15) is 0 Å². The molecule has 1 heterocycles. The number of nitrogens with one attached hydrogen (secondary N) is 3. The second kappa shape index (κ2) is 9.27. The minimum absolute atomic E-state index is 0.0868. The topological polar surface area (TPSA) is 87.3 Å². The SMILES string of the molecule is CNC(=O)C(NC(=O)c1cccc(NC(=O)c2cccs2)c1)c1ccc(F)c(F)c1. The van der Waals surface area contributed by atoms with Crippen LogP contribution in [0.15, 0.2) is 60.0 Å². The lowest BCUT2D eigenvalue weighted by molar-refractivity contribution is -0.122. The second-order valence-electron chi connectivity index (χ2n) is 6.21. The average Bonchev–Trinajstić information content (AvgIpc) is 3.29. The molecule has 3 rings (SSSR count). The molecule has 1 unspecified atom stereocenters. The first kappa shape index (κ1) is 21.1. The number of halogens is 2. The monoisotopic (exact) mass is 429 g/mol. The van der Waals surface area contributed by atoms with Gasteiger partial charge in [0, 0.05) is 18.3 Å². The van der Waals surface area contributed by atoms with Crippen molar-refractivity contribution in [3.05, 3.63) is 87.6 Å². The quantitative estimate of drug-likeness (QED) is 0.561. The van der Waals surface area contributed by atoms with Crippen LogP contribution in [-0.4, -0.2) is 24.8 Å². The number of carbonyl (C=O) groups is 3. The molecule has 0 aliphatic carbocycles. The Hall–Kier alpha value is -3.59. The number of anilines is 1. The normalized spacial score (nSPS) is 11.4. The van der Waals surface area contributed by atoms with Crippen LogP contribution >= 0.6 is 11.3 Å². The van der Waals surface area contributed by atoms with Crippen LogP contribution < -0.4 is 16.0 Å². The minimum Gasteiger partial charge on any atom is -0.357 e. The zero-order chi connectivity index (χ0) is 21.7. The first-order valence-electron chi connectivity index (χ1n) is 8.81. The molecule has 154 valence electrons. The van der Waals surface area contributed by atoms with Gasteiger partial charge in [0.2, 0.25) is 5.91 Å². The summed E-state index contributed by atoms with van der Waals surface area (Å²) in [6.45, 7) is 0. The van der Waals surface area contributed by atoms with Crippen LogP contribution in [0.2, 0.25) is 0 Å². The molecule has 9 heteroatoms. The third-order valence-electron chi connectivity index (χ3n) is 4.19. The van der Waals surface area contributed by atoms with Crippen molar-refractivity contribution in [2.24, 2.45) is 0 Å². The fourth-order valence-electron chi connectivity index (χ4n) is 2.69. The molecular formula is C21H17F2N3O3S. The molecule has 3 amide bonds. The van der Waals surface area contributed by atoms with Crippen LogP contribution in [0.1, 0.15) is 31.6 Å². The molecule has 0 bridgehead atoms. The van der Waals surface area contributed by atoms with Gasteiger partial charge in [0.1, 0.15) is 6.04 Å². The van der Waals surface area contributed by atoms with Crippen LogP contribution in [0.25, 0.3) is 0 Å². The Morgan fingerprint density at radius 1 is 0.933 bits per heavy atom. The summed E-state index contributed by atoms with van der Waals surface area (Å²) in [6.07, 6.45) is 0. The van der Waals surface area contributed by atoms with E-state index in [0.717, 1.165) is 12.1 Å². The predicted molar refractivity (Wildman–Crippen MR) is 109 cm³/mol. The number of thiophene rings is 1. The molecule has 0 radical (unpaired) electrons. The molecule has 1 aromatic heterocycles. The number of hydrogen-bond donors (Lipinski definition) is 3. The molecule has 0 spiro atoms. The summed E-state index contributed by atoms with van der Waals surface area (Å²) in [5.41, 5.74) is 0.657. The number of likely N-dealkylation sites (N-methyl/N-ethyl adjacent to an activating group) is 1.